The Balaban J connectivity index is 2.06. The van der Waals surface area contributed by atoms with Crippen molar-refractivity contribution in [1.29, 1.82) is 0 Å². The lowest BCUT2D eigenvalue weighted by Gasteiger charge is -2.14. The first-order valence-corrected chi connectivity index (χ1v) is 9.36. The predicted octanol–water partition coefficient (Wildman–Crippen LogP) is 6.18. The summed E-state index contributed by atoms with van der Waals surface area (Å²) in [4.78, 5) is 6.20. The fourth-order valence-corrected chi connectivity index (χ4v) is 4.59. The first kappa shape index (κ1) is 14.3. The predicted molar refractivity (Wildman–Crippen MR) is 94.4 cm³/mol. The van der Waals surface area contributed by atoms with Crippen LogP contribution in [0.2, 0.25) is 0 Å². The van der Waals surface area contributed by atoms with Gasteiger partial charge in [-0.2, -0.15) is 0 Å². The van der Waals surface area contributed by atoms with Crippen molar-refractivity contribution in [2.75, 3.05) is 0 Å². The van der Waals surface area contributed by atoms with E-state index in [-0.39, 0.29) is 5.82 Å². The molecule has 0 N–H and O–H groups in total. The summed E-state index contributed by atoms with van der Waals surface area (Å²) in [6, 6.07) is 8.99. The summed E-state index contributed by atoms with van der Waals surface area (Å²) in [7, 11) is 0. The molecule has 0 spiro atoms. The zero-order chi connectivity index (χ0) is 15.3. The first-order valence-electron chi connectivity index (χ1n) is 7.42. The van der Waals surface area contributed by atoms with Crippen LogP contribution in [0.15, 0.2) is 30.3 Å². The SMILES string of the molecule is Cc1cc2nc(C3CC3)c(CBr)c(-c3ccc(F)cc3)c2s1. The molecule has 2 heterocycles. The lowest BCUT2D eigenvalue weighted by molar-refractivity contribution is 0.628. The minimum Gasteiger partial charge on any atom is -0.251 e. The molecule has 0 atom stereocenters. The van der Waals surface area contributed by atoms with Gasteiger partial charge >= 0.3 is 0 Å². The highest BCUT2D eigenvalue weighted by Gasteiger charge is 2.30. The number of aryl methyl sites for hydroxylation is 1. The Morgan fingerprint density at radius 1 is 1.27 bits per heavy atom. The lowest BCUT2D eigenvalue weighted by atomic mass is 9.97. The molecule has 2 aromatic heterocycles. The smallest absolute Gasteiger partial charge is 0.123 e. The van der Waals surface area contributed by atoms with E-state index in [2.05, 4.69) is 28.9 Å². The molecule has 1 aliphatic rings. The largest absolute Gasteiger partial charge is 0.251 e. The topological polar surface area (TPSA) is 12.9 Å². The van der Waals surface area contributed by atoms with Crippen LogP contribution < -0.4 is 0 Å². The van der Waals surface area contributed by atoms with Crippen LogP contribution >= 0.6 is 27.3 Å². The number of pyridine rings is 1. The van der Waals surface area contributed by atoms with E-state index in [1.165, 1.54) is 51.4 Å². The van der Waals surface area contributed by atoms with Gasteiger partial charge in [0.1, 0.15) is 5.82 Å². The second-order valence-corrected chi connectivity index (χ2v) is 7.65. The molecule has 0 amide bonds. The second-order valence-electron chi connectivity index (χ2n) is 5.84. The quantitative estimate of drug-likeness (QED) is 0.497. The van der Waals surface area contributed by atoms with Crippen LogP contribution in [0.4, 0.5) is 4.39 Å². The van der Waals surface area contributed by atoms with Gasteiger partial charge in [0, 0.05) is 27.4 Å². The fraction of sp³-hybridized carbons (Fsp3) is 0.278. The van der Waals surface area contributed by atoms with Crippen LogP contribution in [-0.4, -0.2) is 4.98 Å². The summed E-state index contributed by atoms with van der Waals surface area (Å²) in [6.45, 7) is 2.12. The highest BCUT2D eigenvalue weighted by molar-refractivity contribution is 9.08. The summed E-state index contributed by atoms with van der Waals surface area (Å²) in [5, 5.41) is 0.783. The normalized spacial score (nSPS) is 14.7. The average Bonchev–Trinajstić information content (AvgIpc) is 3.28. The zero-order valence-electron chi connectivity index (χ0n) is 12.2. The van der Waals surface area contributed by atoms with Gasteiger partial charge < -0.3 is 0 Å². The van der Waals surface area contributed by atoms with Crippen LogP contribution in [0.1, 0.15) is 34.9 Å². The molecular weight excluding hydrogens is 361 g/mol. The van der Waals surface area contributed by atoms with Crippen molar-refractivity contribution in [2.24, 2.45) is 0 Å². The number of benzene rings is 1. The summed E-state index contributed by atoms with van der Waals surface area (Å²) >= 11 is 5.42. The van der Waals surface area contributed by atoms with Crippen molar-refractivity contribution in [3.63, 3.8) is 0 Å². The Hall–Kier alpha value is -1.26. The van der Waals surface area contributed by atoms with Gasteiger partial charge in [-0.25, -0.2) is 4.39 Å². The average molecular weight is 376 g/mol. The molecule has 0 bridgehead atoms. The van der Waals surface area contributed by atoms with Gasteiger partial charge in [0.15, 0.2) is 0 Å². The van der Waals surface area contributed by atoms with Gasteiger partial charge in [0.25, 0.3) is 0 Å². The standard InChI is InChI=1S/C18H15BrFNS/c1-10-8-15-18(22-10)16(11-4-6-13(20)7-5-11)14(9-19)17(21-15)12-2-3-12/h4-8,12H,2-3,9H2,1H3. The Labute approximate surface area is 141 Å². The van der Waals surface area contributed by atoms with Crippen LogP contribution in [0.5, 0.6) is 0 Å². The highest BCUT2D eigenvalue weighted by atomic mass is 79.9. The third kappa shape index (κ3) is 2.38. The molecule has 0 unspecified atom stereocenters. The zero-order valence-corrected chi connectivity index (χ0v) is 14.6. The number of thiophene rings is 1. The third-order valence-corrected chi connectivity index (χ3v) is 5.76. The van der Waals surface area contributed by atoms with Crippen molar-refractivity contribution >= 4 is 37.5 Å². The molecule has 1 fully saturated rings. The molecule has 0 saturated heterocycles. The number of hydrogen-bond acceptors (Lipinski definition) is 2. The summed E-state index contributed by atoms with van der Waals surface area (Å²) in [6.07, 6.45) is 2.45. The number of fused-ring (bicyclic) bond motifs is 1. The Bertz CT molecular complexity index is 850. The molecule has 112 valence electrons. The fourth-order valence-electron chi connectivity index (χ4n) is 2.98. The molecule has 3 aromatic rings. The number of hydrogen-bond donors (Lipinski definition) is 0. The Morgan fingerprint density at radius 2 is 2.00 bits per heavy atom. The van der Waals surface area contributed by atoms with E-state index < -0.39 is 0 Å². The molecular formula is C18H15BrFNS. The molecule has 0 radical (unpaired) electrons. The van der Waals surface area contributed by atoms with Crippen molar-refractivity contribution in [1.82, 2.24) is 4.98 Å². The maximum absolute atomic E-state index is 13.3. The molecule has 4 rings (SSSR count). The molecule has 1 nitrogen and oxygen atoms in total. The second kappa shape index (κ2) is 5.43. The minimum absolute atomic E-state index is 0.195. The van der Waals surface area contributed by atoms with E-state index in [1.807, 2.05) is 12.1 Å². The minimum atomic E-state index is -0.195. The Morgan fingerprint density at radius 3 is 2.64 bits per heavy atom. The molecule has 1 aliphatic carbocycles. The van der Waals surface area contributed by atoms with Crippen molar-refractivity contribution < 1.29 is 4.39 Å². The van der Waals surface area contributed by atoms with Gasteiger partial charge in [-0.15, -0.1) is 11.3 Å². The van der Waals surface area contributed by atoms with Crippen LogP contribution in [-0.2, 0) is 5.33 Å². The van der Waals surface area contributed by atoms with Crippen molar-refractivity contribution in [3.05, 3.63) is 52.3 Å². The molecule has 1 aromatic carbocycles. The van der Waals surface area contributed by atoms with Crippen molar-refractivity contribution in [2.45, 2.75) is 31.0 Å². The van der Waals surface area contributed by atoms with Gasteiger partial charge in [-0.05, 0) is 49.1 Å². The molecule has 22 heavy (non-hydrogen) atoms. The van der Waals surface area contributed by atoms with E-state index in [9.17, 15) is 4.39 Å². The van der Waals surface area contributed by atoms with Gasteiger partial charge in [0.05, 0.1) is 10.2 Å². The van der Waals surface area contributed by atoms with Crippen LogP contribution in [0, 0.1) is 12.7 Å². The van der Waals surface area contributed by atoms with E-state index in [1.54, 1.807) is 11.3 Å². The molecule has 1 saturated carbocycles. The van der Waals surface area contributed by atoms with E-state index in [0.717, 1.165) is 16.4 Å². The summed E-state index contributed by atoms with van der Waals surface area (Å²) < 4.78 is 14.5. The maximum Gasteiger partial charge on any atom is 0.123 e. The molecule has 0 aliphatic heterocycles. The van der Waals surface area contributed by atoms with Crippen LogP contribution in [0.25, 0.3) is 21.3 Å². The lowest BCUT2D eigenvalue weighted by Crippen LogP contribution is -1.98. The van der Waals surface area contributed by atoms with Crippen LogP contribution in [0.3, 0.4) is 0 Å². The highest BCUT2D eigenvalue weighted by Crippen LogP contribution is 2.46. The number of alkyl halides is 1. The molecule has 4 heteroatoms. The summed E-state index contributed by atoms with van der Waals surface area (Å²) in [5.74, 6) is 0.399. The Kier molecular flexibility index (Phi) is 3.54. The number of nitrogens with zero attached hydrogens (tertiary/aromatic N) is 1. The van der Waals surface area contributed by atoms with Gasteiger partial charge in [-0.1, -0.05) is 28.1 Å². The van der Waals surface area contributed by atoms with Crippen molar-refractivity contribution in [3.8, 4) is 11.1 Å². The van der Waals surface area contributed by atoms with E-state index >= 15 is 0 Å². The maximum atomic E-state index is 13.3. The van der Waals surface area contributed by atoms with Gasteiger partial charge in [0.2, 0.25) is 0 Å². The first-order chi connectivity index (χ1) is 10.7. The number of rotatable bonds is 3. The van der Waals surface area contributed by atoms with E-state index in [4.69, 9.17) is 4.98 Å². The van der Waals surface area contributed by atoms with E-state index in [0.29, 0.717) is 5.92 Å². The third-order valence-electron chi connectivity index (χ3n) is 4.15. The monoisotopic (exact) mass is 375 g/mol. The summed E-state index contributed by atoms with van der Waals surface area (Å²) in [5.41, 5.74) is 5.87. The van der Waals surface area contributed by atoms with Gasteiger partial charge in [-0.3, -0.25) is 4.98 Å². The number of halogens is 2. The number of aromatic nitrogens is 1.